The lowest BCUT2D eigenvalue weighted by Gasteiger charge is -2.33. The molecule has 0 bridgehead atoms. The van der Waals surface area contributed by atoms with Gasteiger partial charge in [0.15, 0.2) is 0 Å². The number of hydrogen-bond donors (Lipinski definition) is 1. The lowest BCUT2D eigenvalue weighted by atomic mass is 9.76. The van der Waals surface area contributed by atoms with E-state index in [1.165, 1.54) is 19.3 Å². The average molecular weight is 221 g/mol. The van der Waals surface area contributed by atoms with Gasteiger partial charge in [0.05, 0.1) is 7.11 Å². The normalized spacial score (nSPS) is 19.9. The van der Waals surface area contributed by atoms with Crippen LogP contribution in [-0.2, 0) is 5.60 Å². The topological polar surface area (TPSA) is 42.4 Å². The second-order valence-electron chi connectivity index (χ2n) is 4.83. The third-order valence-electron chi connectivity index (χ3n) is 3.41. The van der Waals surface area contributed by atoms with Gasteiger partial charge in [0.25, 0.3) is 0 Å². The molecule has 0 aliphatic heterocycles. The molecule has 1 aliphatic rings. The quantitative estimate of drug-likeness (QED) is 0.849. The molecule has 0 amide bonds. The summed E-state index contributed by atoms with van der Waals surface area (Å²) in [5.74, 6) is 1.31. The molecule has 1 heterocycles. The van der Waals surface area contributed by atoms with Gasteiger partial charge < -0.3 is 9.84 Å². The van der Waals surface area contributed by atoms with E-state index < -0.39 is 5.60 Å². The molecule has 1 saturated carbocycles. The molecule has 1 N–H and O–H groups in total. The Morgan fingerprint density at radius 2 is 2.31 bits per heavy atom. The molecule has 1 atom stereocenters. The summed E-state index contributed by atoms with van der Waals surface area (Å²) < 4.78 is 5.24. The first-order valence-electron chi connectivity index (χ1n) is 5.85. The number of rotatable bonds is 4. The van der Waals surface area contributed by atoms with Gasteiger partial charge in [0.1, 0.15) is 17.0 Å². The minimum atomic E-state index is -0.877. The number of hydrogen-bond acceptors (Lipinski definition) is 3. The fourth-order valence-corrected chi connectivity index (χ4v) is 2.32. The molecule has 1 fully saturated rings. The minimum Gasteiger partial charge on any atom is -0.495 e. The summed E-state index contributed by atoms with van der Waals surface area (Å²) >= 11 is 0. The number of ether oxygens (including phenoxy) is 1. The number of pyridine rings is 1. The van der Waals surface area contributed by atoms with Gasteiger partial charge in [0, 0.05) is 6.20 Å². The highest BCUT2D eigenvalue weighted by atomic mass is 16.5. The first-order chi connectivity index (χ1) is 7.63. The third-order valence-corrected chi connectivity index (χ3v) is 3.41. The molecule has 0 aromatic carbocycles. The van der Waals surface area contributed by atoms with Gasteiger partial charge in [-0.05, 0) is 31.4 Å². The summed E-state index contributed by atoms with van der Waals surface area (Å²) in [6.45, 7) is 1.83. The van der Waals surface area contributed by atoms with Crippen molar-refractivity contribution in [3.63, 3.8) is 0 Å². The van der Waals surface area contributed by atoms with Crippen LogP contribution in [-0.4, -0.2) is 17.2 Å². The van der Waals surface area contributed by atoms with Crippen molar-refractivity contribution in [1.29, 1.82) is 0 Å². The standard InChI is InChI=1S/C13H19NO2/c1-13(15,9-10-5-3-6-10)12-11(16-2)7-4-8-14-12/h4,7-8,10,15H,3,5-6,9H2,1-2H3. The van der Waals surface area contributed by atoms with Crippen molar-refractivity contribution < 1.29 is 9.84 Å². The SMILES string of the molecule is COc1cccnc1C(C)(O)CC1CCC1. The zero-order valence-corrected chi connectivity index (χ0v) is 9.94. The summed E-state index contributed by atoms with van der Waals surface area (Å²) in [5, 5.41) is 10.5. The molecule has 0 saturated heterocycles. The third kappa shape index (κ3) is 2.19. The molecule has 1 aromatic rings. The first kappa shape index (κ1) is 11.4. The predicted molar refractivity (Wildman–Crippen MR) is 62.3 cm³/mol. The van der Waals surface area contributed by atoms with Gasteiger partial charge in [-0.3, -0.25) is 4.98 Å². The molecular formula is C13H19NO2. The van der Waals surface area contributed by atoms with Crippen molar-refractivity contribution in [3.05, 3.63) is 24.0 Å². The predicted octanol–water partition coefficient (Wildman–Crippen LogP) is 2.49. The molecule has 0 spiro atoms. The highest BCUT2D eigenvalue weighted by Crippen LogP contribution is 2.39. The van der Waals surface area contributed by atoms with Gasteiger partial charge in [-0.2, -0.15) is 0 Å². The Morgan fingerprint density at radius 1 is 1.56 bits per heavy atom. The van der Waals surface area contributed by atoms with E-state index in [1.807, 2.05) is 19.1 Å². The number of aromatic nitrogens is 1. The fourth-order valence-electron chi connectivity index (χ4n) is 2.32. The van der Waals surface area contributed by atoms with Crippen molar-refractivity contribution in [2.45, 2.75) is 38.2 Å². The number of methoxy groups -OCH3 is 1. The zero-order valence-electron chi connectivity index (χ0n) is 9.94. The van der Waals surface area contributed by atoms with Gasteiger partial charge >= 0.3 is 0 Å². The van der Waals surface area contributed by atoms with Crippen LogP contribution in [0.4, 0.5) is 0 Å². The van der Waals surface area contributed by atoms with E-state index in [0.717, 1.165) is 6.42 Å². The molecular weight excluding hydrogens is 202 g/mol. The van der Waals surface area contributed by atoms with E-state index in [0.29, 0.717) is 17.4 Å². The van der Waals surface area contributed by atoms with Crippen LogP contribution in [0.1, 0.15) is 38.3 Å². The van der Waals surface area contributed by atoms with Crippen molar-refractivity contribution in [2.24, 2.45) is 5.92 Å². The summed E-state index contributed by atoms with van der Waals surface area (Å²) in [4.78, 5) is 4.26. The summed E-state index contributed by atoms with van der Waals surface area (Å²) in [5.41, 5.74) is -0.220. The smallest absolute Gasteiger partial charge is 0.143 e. The second kappa shape index (κ2) is 4.42. The van der Waals surface area contributed by atoms with Crippen LogP contribution in [0.15, 0.2) is 18.3 Å². The molecule has 2 rings (SSSR count). The van der Waals surface area contributed by atoms with E-state index in [1.54, 1.807) is 13.3 Å². The van der Waals surface area contributed by atoms with Gasteiger partial charge in [0.2, 0.25) is 0 Å². The monoisotopic (exact) mass is 221 g/mol. The lowest BCUT2D eigenvalue weighted by Crippen LogP contribution is -2.29. The van der Waals surface area contributed by atoms with Crippen LogP contribution >= 0.6 is 0 Å². The lowest BCUT2D eigenvalue weighted by molar-refractivity contribution is 0.0102. The number of aliphatic hydroxyl groups is 1. The van der Waals surface area contributed by atoms with E-state index in [-0.39, 0.29) is 0 Å². The van der Waals surface area contributed by atoms with Crippen LogP contribution < -0.4 is 4.74 Å². The Morgan fingerprint density at radius 3 is 2.88 bits per heavy atom. The van der Waals surface area contributed by atoms with Crippen LogP contribution in [0.2, 0.25) is 0 Å². The summed E-state index contributed by atoms with van der Waals surface area (Å²) in [6, 6.07) is 3.67. The summed E-state index contributed by atoms with van der Waals surface area (Å²) in [6.07, 6.45) is 6.23. The van der Waals surface area contributed by atoms with Gasteiger partial charge in [-0.1, -0.05) is 19.3 Å². The molecule has 0 radical (unpaired) electrons. The minimum absolute atomic E-state index is 0.640. The van der Waals surface area contributed by atoms with E-state index >= 15 is 0 Å². The highest BCUT2D eigenvalue weighted by Gasteiger charge is 2.33. The molecule has 16 heavy (non-hydrogen) atoms. The Kier molecular flexibility index (Phi) is 3.15. The maximum atomic E-state index is 10.5. The first-order valence-corrected chi connectivity index (χ1v) is 5.85. The van der Waals surface area contributed by atoms with Gasteiger partial charge in [-0.25, -0.2) is 0 Å². The average Bonchev–Trinajstić information content (AvgIpc) is 2.24. The number of nitrogens with zero attached hydrogens (tertiary/aromatic N) is 1. The molecule has 88 valence electrons. The van der Waals surface area contributed by atoms with Crippen LogP contribution in [0.5, 0.6) is 5.75 Å². The van der Waals surface area contributed by atoms with E-state index in [2.05, 4.69) is 4.98 Å². The van der Waals surface area contributed by atoms with Crippen molar-refractivity contribution in [3.8, 4) is 5.75 Å². The molecule has 1 unspecified atom stereocenters. The Bertz CT molecular complexity index is 359. The van der Waals surface area contributed by atoms with Crippen molar-refractivity contribution in [1.82, 2.24) is 4.98 Å². The Balaban J connectivity index is 2.19. The van der Waals surface area contributed by atoms with Crippen LogP contribution in [0.25, 0.3) is 0 Å². The van der Waals surface area contributed by atoms with Crippen LogP contribution in [0, 0.1) is 5.92 Å². The second-order valence-corrected chi connectivity index (χ2v) is 4.83. The Labute approximate surface area is 96.5 Å². The zero-order chi connectivity index (χ0) is 11.6. The maximum Gasteiger partial charge on any atom is 0.143 e. The largest absolute Gasteiger partial charge is 0.495 e. The fraction of sp³-hybridized carbons (Fsp3) is 0.615. The molecule has 1 aliphatic carbocycles. The van der Waals surface area contributed by atoms with Crippen molar-refractivity contribution in [2.75, 3.05) is 7.11 Å². The maximum absolute atomic E-state index is 10.5. The van der Waals surface area contributed by atoms with Gasteiger partial charge in [-0.15, -0.1) is 0 Å². The summed E-state index contributed by atoms with van der Waals surface area (Å²) in [7, 11) is 1.61. The van der Waals surface area contributed by atoms with Crippen LogP contribution in [0.3, 0.4) is 0 Å². The molecule has 3 heteroatoms. The Hall–Kier alpha value is -1.09. The van der Waals surface area contributed by atoms with E-state index in [4.69, 9.17) is 4.74 Å². The highest BCUT2D eigenvalue weighted by molar-refractivity contribution is 5.31. The van der Waals surface area contributed by atoms with E-state index in [9.17, 15) is 5.11 Å². The molecule has 1 aromatic heterocycles. The van der Waals surface area contributed by atoms with Crippen molar-refractivity contribution >= 4 is 0 Å². The molecule has 3 nitrogen and oxygen atoms in total.